The number of amides is 2. The Kier molecular flexibility index (Phi) is 9.72. The molecular weight excluding hydrogens is 366 g/mol. The van der Waals surface area contributed by atoms with E-state index in [4.69, 9.17) is 10.5 Å². The first-order valence-electron chi connectivity index (χ1n) is 10.1. The fraction of sp³-hybridized carbons (Fsp3) is 0.391. The van der Waals surface area contributed by atoms with E-state index in [2.05, 4.69) is 10.6 Å². The molecule has 0 saturated heterocycles. The molecule has 6 heteroatoms. The van der Waals surface area contributed by atoms with Gasteiger partial charge in [-0.25, -0.2) is 0 Å². The van der Waals surface area contributed by atoms with Crippen LogP contribution in [0.5, 0.6) is 5.75 Å². The number of methoxy groups -OCH3 is 1. The van der Waals surface area contributed by atoms with Gasteiger partial charge in [-0.2, -0.15) is 0 Å². The highest BCUT2D eigenvalue weighted by Crippen LogP contribution is 2.17. The molecule has 2 aromatic rings. The Labute approximate surface area is 172 Å². The number of hydrogen-bond donors (Lipinski definition) is 3. The van der Waals surface area contributed by atoms with E-state index in [0.717, 1.165) is 30.4 Å². The summed E-state index contributed by atoms with van der Waals surface area (Å²) < 4.78 is 5.31. The van der Waals surface area contributed by atoms with Gasteiger partial charge in [0.2, 0.25) is 11.8 Å². The van der Waals surface area contributed by atoms with Crippen LogP contribution in [0.3, 0.4) is 0 Å². The molecule has 0 aliphatic carbocycles. The topological polar surface area (TPSA) is 93.4 Å². The maximum absolute atomic E-state index is 12.7. The van der Waals surface area contributed by atoms with E-state index in [9.17, 15) is 9.59 Å². The van der Waals surface area contributed by atoms with Crippen molar-refractivity contribution in [2.75, 3.05) is 20.2 Å². The summed E-state index contributed by atoms with van der Waals surface area (Å²) in [5.41, 5.74) is 7.28. The summed E-state index contributed by atoms with van der Waals surface area (Å²) in [6, 6.07) is 16.4. The fourth-order valence-electron chi connectivity index (χ4n) is 3.11. The first-order valence-corrected chi connectivity index (χ1v) is 10.1. The summed E-state index contributed by atoms with van der Waals surface area (Å²) in [4.78, 5) is 25.4. The average molecular weight is 398 g/mol. The highest BCUT2D eigenvalue weighted by molar-refractivity contribution is 5.88. The summed E-state index contributed by atoms with van der Waals surface area (Å²) in [5.74, 6) is 0.273. The van der Waals surface area contributed by atoms with Gasteiger partial charge in [0, 0.05) is 18.5 Å². The van der Waals surface area contributed by atoms with Gasteiger partial charge >= 0.3 is 0 Å². The first kappa shape index (κ1) is 22.4. The normalized spacial score (nSPS) is 11.5. The molecule has 0 aliphatic heterocycles. The number of para-hydroxylation sites is 1. The van der Waals surface area contributed by atoms with Gasteiger partial charge in [-0.1, -0.05) is 55.0 Å². The Morgan fingerprint density at radius 2 is 1.72 bits per heavy atom. The Morgan fingerprint density at radius 1 is 1.00 bits per heavy atom. The molecule has 2 aromatic carbocycles. The van der Waals surface area contributed by atoms with Crippen molar-refractivity contribution in [3.8, 4) is 5.75 Å². The third kappa shape index (κ3) is 7.95. The van der Waals surface area contributed by atoms with Crippen molar-refractivity contribution in [2.24, 2.45) is 5.73 Å². The molecule has 0 radical (unpaired) electrons. The third-order valence-corrected chi connectivity index (χ3v) is 4.66. The Balaban J connectivity index is 1.99. The van der Waals surface area contributed by atoms with Crippen LogP contribution in [0, 0.1) is 0 Å². The van der Waals surface area contributed by atoms with E-state index < -0.39 is 6.04 Å². The number of unbranched alkanes of at least 4 members (excludes halogenated alkanes) is 2. The number of carbonyl (C=O) groups is 2. The second-order valence-electron chi connectivity index (χ2n) is 6.94. The summed E-state index contributed by atoms with van der Waals surface area (Å²) >= 11 is 0. The van der Waals surface area contributed by atoms with Crippen LogP contribution in [0.2, 0.25) is 0 Å². The van der Waals surface area contributed by atoms with Crippen LogP contribution >= 0.6 is 0 Å². The summed E-state index contributed by atoms with van der Waals surface area (Å²) in [7, 11) is 1.58. The van der Waals surface area contributed by atoms with Crippen LogP contribution in [0.4, 0.5) is 0 Å². The highest BCUT2D eigenvalue weighted by atomic mass is 16.5. The lowest BCUT2D eigenvalue weighted by atomic mass is 10.0. The van der Waals surface area contributed by atoms with Crippen LogP contribution < -0.4 is 21.1 Å². The van der Waals surface area contributed by atoms with Gasteiger partial charge in [0.1, 0.15) is 11.8 Å². The minimum absolute atomic E-state index is 0.152. The predicted molar refractivity (Wildman–Crippen MR) is 115 cm³/mol. The van der Waals surface area contributed by atoms with Crippen LogP contribution in [-0.4, -0.2) is 38.1 Å². The van der Waals surface area contributed by atoms with Crippen molar-refractivity contribution >= 4 is 11.8 Å². The molecule has 2 amide bonds. The molecule has 0 heterocycles. The number of nitrogens with two attached hydrogens (primary N) is 1. The fourth-order valence-corrected chi connectivity index (χ4v) is 3.11. The van der Waals surface area contributed by atoms with E-state index in [1.165, 1.54) is 0 Å². The molecule has 0 aromatic heterocycles. The first-order chi connectivity index (χ1) is 14.1. The molecule has 4 N–H and O–H groups in total. The highest BCUT2D eigenvalue weighted by Gasteiger charge is 2.21. The summed E-state index contributed by atoms with van der Waals surface area (Å²) in [6.45, 7) is 1.23. The lowest BCUT2D eigenvalue weighted by molar-refractivity contribution is -0.128. The van der Waals surface area contributed by atoms with E-state index >= 15 is 0 Å². The summed E-state index contributed by atoms with van der Waals surface area (Å²) in [6.07, 6.45) is 3.38. The van der Waals surface area contributed by atoms with Crippen LogP contribution in [0.1, 0.15) is 30.4 Å². The Bertz CT molecular complexity index is 765. The van der Waals surface area contributed by atoms with Crippen molar-refractivity contribution in [1.29, 1.82) is 0 Å². The quantitative estimate of drug-likeness (QED) is 0.479. The smallest absolute Gasteiger partial charge is 0.242 e. The maximum atomic E-state index is 12.7. The molecule has 0 aliphatic rings. The van der Waals surface area contributed by atoms with Crippen molar-refractivity contribution < 1.29 is 14.3 Å². The largest absolute Gasteiger partial charge is 0.496 e. The van der Waals surface area contributed by atoms with Crippen LogP contribution in [0.15, 0.2) is 54.6 Å². The predicted octanol–water partition coefficient (Wildman–Crippen LogP) is 2.21. The SMILES string of the molecule is COc1ccccc1CC(=O)N[C@@H](Cc1ccccc1)C(=O)NCCCCCN. The number of hydrogen-bond acceptors (Lipinski definition) is 4. The van der Waals surface area contributed by atoms with Crippen molar-refractivity contribution in [3.63, 3.8) is 0 Å². The van der Waals surface area contributed by atoms with E-state index in [0.29, 0.717) is 25.3 Å². The summed E-state index contributed by atoms with van der Waals surface area (Å²) in [5, 5.41) is 5.83. The molecule has 29 heavy (non-hydrogen) atoms. The maximum Gasteiger partial charge on any atom is 0.242 e. The van der Waals surface area contributed by atoms with E-state index in [-0.39, 0.29) is 18.2 Å². The van der Waals surface area contributed by atoms with Crippen LogP contribution in [-0.2, 0) is 22.4 Å². The number of ether oxygens (including phenoxy) is 1. The van der Waals surface area contributed by atoms with Gasteiger partial charge in [0.15, 0.2) is 0 Å². The molecule has 0 unspecified atom stereocenters. The minimum atomic E-state index is -0.630. The van der Waals surface area contributed by atoms with Crippen molar-refractivity contribution in [2.45, 2.75) is 38.1 Å². The Morgan fingerprint density at radius 3 is 2.45 bits per heavy atom. The molecular formula is C23H31N3O3. The molecule has 0 bridgehead atoms. The van der Waals surface area contributed by atoms with Gasteiger partial charge < -0.3 is 21.1 Å². The second kappa shape index (κ2) is 12.6. The lowest BCUT2D eigenvalue weighted by Gasteiger charge is -2.19. The molecule has 156 valence electrons. The molecule has 0 fully saturated rings. The van der Waals surface area contributed by atoms with Gasteiger partial charge in [-0.15, -0.1) is 0 Å². The van der Waals surface area contributed by atoms with E-state index in [1.54, 1.807) is 7.11 Å². The van der Waals surface area contributed by atoms with Crippen LogP contribution in [0.25, 0.3) is 0 Å². The molecule has 0 spiro atoms. The van der Waals surface area contributed by atoms with Gasteiger partial charge in [-0.3, -0.25) is 9.59 Å². The van der Waals surface area contributed by atoms with Gasteiger partial charge in [0.25, 0.3) is 0 Å². The standard InChI is InChI=1S/C23H31N3O3/c1-29-21-13-7-6-12-19(21)17-22(27)26-20(16-18-10-4-2-5-11-18)23(28)25-15-9-3-8-14-24/h2,4-7,10-13,20H,3,8-9,14-17,24H2,1H3,(H,25,28)(H,26,27)/t20-/m0/s1. The average Bonchev–Trinajstić information content (AvgIpc) is 2.74. The molecule has 2 rings (SSSR count). The lowest BCUT2D eigenvalue weighted by Crippen LogP contribution is -2.48. The van der Waals surface area contributed by atoms with Crippen molar-refractivity contribution in [3.05, 3.63) is 65.7 Å². The second-order valence-corrected chi connectivity index (χ2v) is 6.94. The zero-order valence-corrected chi connectivity index (χ0v) is 17.0. The van der Waals surface area contributed by atoms with Gasteiger partial charge in [0.05, 0.1) is 13.5 Å². The zero-order chi connectivity index (χ0) is 20.9. The molecule has 6 nitrogen and oxygen atoms in total. The minimum Gasteiger partial charge on any atom is -0.496 e. The van der Waals surface area contributed by atoms with E-state index in [1.807, 2.05) is 54.6 Å². The van der Waals surface area contributed by atoms with Gasteiger partial charge in [-0.05, 0) is 31.0 Å². The third-order valence-electron chi connectivity index (χ3n) is 4.66. The zero-order valence-electron chi connectivity index (χ0n) is 17.0. The van der Waals surface area contributed by atoms with Crippen molar-refractivity contribution in [1.82, 2.24) is 10.6 Å². The monoisotopic (exact) mass is 397 g/mol. The molecule has 0 saturated carbocycles. The Hall–Kier alpha value is -2.86. The number of nitrogens with one attached hydrogen (secondary N) is 2. The number of carbonyl (C=O) groups excluding carboxylic acids is 2. The molecule has 1 atom stereocenters. The number of rotatable bonds is 12. The number of benzene rings is 2.